The highest BCUT2D eigenvalue weighted by atomic mass is 19.4. The maximum Gasteiger partial charge on any atom is 0.405 e. The molecule has 0 radical (unpaired) electrons. The number of nitrogens with one attached hydrogen (secondary N) is 1. The van der Waals surface area contributed by atoms with Crippen LogP contribution < -0.4 is 5.32 Å². The zero-order valence-corrected chi connectivity index (χ0v) is 8.51. The van der Waals surface area contributed by atoms with Crippen molar-refractivity contribution in [2.24, 2.45) is 5.92 Å². The summed E-state index contributed by atoms with van der Waals surface area (Å²) in [5.74, 6) is -1.98. The van der Waals surface area contributed by atoms with Crippen LogP contribution in [0.1, 0.15) is 19.8 Å². The Hall–Kier alpha value is -0.800. The van der Waals surface area contributed by atoms with E-state index in [1.807, 2.05) is 6.92 Å². The molecule has 0 aromatic rings. The van der Waals surface area contributed by atoms with Crippen LogP contribution in [0.4, 0.5) is 13.2 Å². The van der Waals surface area contributed by atoms with Crippen molar-refractivity contribution in [2.45, 2.75) is 32.0 Å². The molecule has 0 amide bonds. The molecule has 0 rings (SSSR count). The van der Waals surface area contributed by atoms with Gasteiger partial charge in [-0.05, 0) is 12.8 Å². The monoisotopic (exact) mass is 224 g/mol. The van der Waals surface area contributed by atoms with Crippen molar-refractivity contribution in [3.05, 3.63) is 0 Å². The summed E-state index contributed by atoms with van der Waals surface area (Å²) in [7, 11) is 0. The molecular weight excluding hydrogens is 209 g/mol. The average molecular weight is 224 g/mol. The summed E-state index contributed by atoms with van der Waals surface area (Å²) in [4.78, 5) is 0. The van der Waals surface area contributed by atoms with Gasteiger partial charge in [0.05, 0.1) is 6.07 Å². The summed E-state index contributed by atoms with van der Waals surface area (Å²) >= 11 is 0. The molecule has 0 saturated carbocycles. The Kier molecular flexibility index (Phi) is 6.29. The Morgan fingerprint density at radius 2 is 2.07 bits per heavy atom. The average Bonchev–Trinajstić information content (AvgIpc) is 2.15. The summed E-state index contributed by atoms with van der Waals surface area (Å²) in [6, 6.07) is 1.04. The fraction of sp³-hybridized carbons (Fsp3) is 0.889. The highest BCUT2D eigenvalue weighted by molar-refractivity contribution is 4.90. The molecule has 0 heterocycles. The van der Waals surface area contributed by atoms with Gasteiger partial charge in [0, 0.05) is 19.2 Å². The third kappa shape index (κ3) is 5.60. The topological polar surface area (TPSA) is 56.0 Å². The Balaban J connectivity index is 4.06. The number of alkyl halides is 3. The lowest BCUT2D eigenvalue weighted by Crippen LogP contribution is -2.38. The number of hydrogen-bond donors (Lipinski definition) is 2. The van der Waals surface area contributed by atoms with Gasteiger partial charge in [0.2, 0.25) is 0 Å². The van der Waals surface area contributed by atoms with E-state index < -0.39 is 18.6 Å². The van der Waals surface area contributed by atoms with Gasteiger partial charge >= 0.3 is 6.18 Å². The fourth-order valence-electron chi connectivity index (χ4n) is 1.13. The number of halogens is 3. The van der Waals surface area contributed by atoms with Crippen LogP contribution in [0.3, 0.4) is 0 Å². The molecule has 0 saturated heterocycles. The van der Waals surface area contributed by atoms with Crippen molar-refractivity contribution in [1.82, 2.24) is 5.32 Å². The molecule has 15 heavy (non-hydrogen) atoms. The number of aliphatic hydroxyl groups excluding tert-OH is 1. The van der Waals surface area contributed by atoms with Gasteiger partial charge in [0.1, 0.15) is 0 Å². The van der Waals surface area contributed by atoms with Gasteiger partial charge in [-0.3, -0.25) is 0 Å². The Bertz CT molecular complexity index is 212. The summed E-state index contributed by atoms with van der Waals surface area (Å²) in [6.45, 7) is 1.32. The van der Waals surface area contributed by atoms with E-state index in [1.54, 1.807) is 0 Å². The minimum absolute atomic E-state index is 0.0747. The smallest absolute Gasteiger partial charge is 0.396 e. The van der Waals surface area contributed by atoms with Gasteiger partial charge in [-0.25, -0.2) is 0 Å². The van der Waals surface area contributed by atoms with Gasteiger partial charge in [-0.1, -0.05) is 6.92 Å². The normalized spacial score (nSPS) is 15.7. The second-order valence-corrected chi connectivity index (χ2v) is 3.25. The first-order valence-electron chi connectivity index (χ1n) is 4.76. The first-order chi connectivity index (χ1) is 6.95. The molecule has 3 nitrogen and oxygen atoms in total. The van der Waals surface area contributed by atoms with E-state index in [0.29, 0.717) is 12.8 Å². The Morgan fingerprint density at radius 1 is 1.47 bits per heavy atom. The number of rotatable bonds is 6. The van der Waals surface area contributed by atoms with Gasteiger partial charge in [0.25, 0.3) is 0 Å². The molecule has 88 valence electrons. The number of hydrogen-bond acceptors (Lipinski definition) is 3. The summed E-state index contributed by atoms with van der Waals surface area (Å²) in [6.07, 6.45) is -3.47. The van der Waals surface area contributed by atoms with E-state index in [1.165, 1.54) is 6.07 Å². The maximum atomic E-state index is 12.1. The second kappa shape index (κ2) is 6.64. The summed E-state index contributed by atoms with van der Waals surface area (Å²) in [5, 5.41) is 19.6. The van der Waals surface area contributed by atoms with Crippen LogP contribution in [-0.2, 0) is 0 Å². The second-order valence-electron chi connectivity index (χ2n) is 3.25. The third-order valence-electron chi connectivity index (χ3n) is 2.13. The molecule has 2 atom stereocenters. The SMILES string of the molecule is CCC(CCO)NCC(C#N)C(F)(F)F. The lowest BCUT2D eigenvalue weighted by atomic mass is 10.1. The van der Waals surface area contributed by atoms with E-state index >= 15 is 0 Å². The first-order valence-corrected chi connectivity index (χ1v) is 4.76. The number of nitriles is 1. The molecule has 0 aromatic heterocycles. The maximum absolute atomic E-state index is 12.1. The van der Waals surface area contributed by atoms with Crippen LogP contribution >= 0.6 is 0 Å². The fourth-order valence-corrected chi connectivity index (χ4v) is 1.13. The predicted molar refractivity (Wildman–Crippen MR) is 48.9 cm³/mol. The zero-order valence-electron chi connectivity index (χ0n) is 8.51. The van der Waals surface area contributed by atoms with E-state index in [2.05, 4.69) is 5.32 Å². The van der Waals surface area contributed by atoms with E-state index in [9.17, 15) is 13.2 Å². The molecule has 0 aliphatic heterocycles. The third-order valence-corrected chi connectivity index (χ3v) is 2.13. The molecule has 6 heteroatoms. The molecule has 0 aromatic carbocycles. The highest BCUT2D eigenvalue weighted by Crippen LogP contribution is 2.25. The van der Waals surface area contributed by atoms with Gasteiger partial charge < -0.3 is 10.4 Å². The Morgan fingerprint density at radius 3 is 2.40 bits per heavy atom. The van der Waals surface area contributed by atoms with Gasteiger partial charge in [-0.2, -0.15) is 18.4 Å². The van der Waals surface area contributed by atoms with Gasteiger partial charge in [-0.15, -0.1) is 0 Å². The zero-order chi connectivity index (χ0) is 11.9. The molecule has 0 aliphatic carbocycles. The Labute approximate surface area is 86.9 Å². The van der Waals surface area contributed by atoms with Crippen LogP contribution in [0.2, 0.25) is 0 Å². The van der Waals surface area contributed by atoms with E-state index in [4.69, 9.17) is 10.4 Å². The lowest BCUT2D eigenvalue weighted by molar-refractivity contribution is -0.158. The van der Waals surface area contributed by atoms with Gasteiger partial charge in [0.15, 0.2) is 5.92 Å². The molecule has 0 aliphatic rings. The van der Waals surface area contributed by atoms with E-state index in [0.717, 1.165) is 0 Å². The molecule has 0 fully saturated rings. The predicted octanol–water partition coefficient (Wildman–Crippen LogP) is 1.44. The highest BCUT2D eigenvalue weighted by Gasteiger charge is 2.39. The van der Waals surface area contributed by atoms with Crippen LogP contribution in [0.5, 0.6) is 0 Å². The molecular formula is C9H15F3N2O. The standard InChI is InChI=1S/C9H15F3N2O/c1-2-8(3-4-15)14-6-7(5-13)9(10,11)12/h7-8,14-15H,2-4,6H2,1H3. The summed E-state index contributed by atoms with van der Waals surface area (Å²) in [5.41, 5.74) is 0. The first kappa shape index (κ1) is 14.2. The lowest BCUT2D eigenvalue weighted by Gasteiger charge is -2.19. The van der Waals surface area contributed by atoms with Crippen LogP contribution in [0, 0.1) is 17.2 Å². The molecule has 2 unspecified atom stereocenters. The van der Waals surface area contributed by atoms with Crippen molar-refractivity contribution >= 4 is 0 Å². The van der Waals surface area contributed by atoms with Crippen molar-refractivity contribution in [3.8, 4) is 6.07 Å². The van der Waals surface area contributed by atoms with Crippen LogP contribution in [-0.4, -0.2) is 30.5 Å². The largest absolute Gasteiger partial charge is 0.405 e. The van der Waals surface area contributed by atoms with Crippen molar-refractivity contribution in [1.29, 1.82) is 5.26 Å². The minimum Gasteiger partial charge on any atom is -0.396 e. The number of nitrogens with zero attached hydrogens (tertiary/aromatic N) is 1. The summed E-state index contributed by atoms with van der Waals surface area (Å²) < 4.78 is 36.4. The number of aliphatic hydroxyl groups is 1. The molecule has 2 N–H and O–H groups in total. The molecule has 0 bridgehead atoms. The van der Waals surface area contributed by atoms with Crippen LogP contribution in [0.25, 0.3) is 0 Å². The van der Waals surface area contributed by atoms with Crippen molar-refractivity contribution in [3.63, 3.8) is 0 Å². The van der Waals surface area contributed by atoms with Crippen molar-refractivity contribution in [2.75, 3.05) is 13.2 Å². The molecule has 0 spiro atoms. The van der Waals surface area contributed by atoms with Crippen molar-refractivity contribution < 1.29 is 18.3 Å². The van der Waals surface area contributed by atoms with E-state index in [-0.39, 0.29) is 12.6 Å². The minimum atomic E-state index is -4.49. The van der Waals surface area contributed by atoms with Crippen LogP contribution in [0.15, 0.2) is 0 Å². The quantitative estimate of drug-likeness (QED) is 0.717.